The molecule has 3 N–H and O–H groups in total. The van der Waals surface area contributed by atoms with Gasteiger partial charge in [-0.05, 0) is 32.9 Å². The van der Waals surface area contributed by atoms with Gasteiger partial charge in [0.1, 0.15) is 10.6 Å². The summed E-state index contributed by atoms with van der Waals surface area (Å²) in [5.41, 5.74) is 6.88. The predicted molar refractivity (Wildman–Crippen MR) is 81.4 cm³/mol. The van der Waals surface area contributed by atoms with Gasteiger partial charge in [0.15, 0.2) is 5.13 Å². The standard InChI is InChI=1S/C14H17N3O2S/c1-8(2)19-11-7-5-4-6-10(11)17-13(18)12-9(3)16-14(15)20-12/h4-8H,1-3H3,(H2,15,16)(H,17,18). The Hall–Kier alpha value is -2.08. The first-order valence-electron chi connectivity index (χ1n) is 6.27. The number of amides is 1. The molecule has 2 rings (SSSR count). The number of benzene rings is 1. The lowest BCUT2D eigenvalue weighted by molar-refractivity contribution is 0.102. The van der Waals surface area contributed by atoms with E-state index in [9.17, 15) is 4.79 Å². The highest BCUT2D eigenvalue weighted by Gasteiger charge is 2.16. The van der Waals surface area contributed by atoms with Crippen molar-refractivity contribution in [1.82, 2.24) is 4.98 Å². The molecule has 0 spiro atoms. The smallest absolute Gasteiger partial charge is 0.267 e. The third-order valence-corrected chi connectivity index (χ3v) is 3.50. The van der Waals surface area contributed by atoms with E-state index in [1.54, 1.807) is 13.0 Å². The van der Waals surface area contributed by atoms with Crippen LogP contribution in [-0.2, 0) is 0 Å². The van der Waals surface area contributed by atoms with Crippen molar-refractivity contribution in [1.29, 1.82) is 0 Å². The molecule has 0 fully saturated rings. The van der Waals surface area contributed by atoms with Crippen LogP contribution in [0.1, 0.15) is 29.2 Å². The number of anilines is 2. The van der Waals surface area contributed by atoms with Gasteiger partial charge in [0.2, 0.25) is 0 Å². The van der Waals surface area contributed by atoms with Gasteiger partial charge in [-0.3, -0.25) is 4.79 Å². The number of hydrogen-bond donors (Lipinski definition) is 2. The number of carbonyl (C=O) groups is 1. The van der Waals surface area contributed by atoms with E-state index in [2.05, 4.69) is 10.3 Å². The Labute approximate surface area is 121 Å². The molecule has 0 saturated heterocycles. The molecule has 1 aromatic carbocycles. The number of para-hydroxylation sites is 2. The minimum absolute atomic E-state index is 0.0360. The summed E-state index contributed by atoms with van der Waals surface area (Å²) in [6, 6.07) is 7.33. The van der Waals surface area contributed by atoms with Gasteiger partial charge in [-0.2, -0.15) is 0 Å². The van der Waals surface area contributed by atoms with Crippen LogP contribution in [-0.4, -0.2) is 17.0 Å². The van der Waals surface area contributed by atoms with Gasteiger partial charge < -0.3 is 15.8 Å². The summed E-state index contributed by atoms with van der Waals surface area (Å²) in [6.45, 7) is 5.64. The van der Waals surface area contributed by atoms with Crippen LogP contribution in [0, 0.1) is 6.92 Å². The molecular weight excluding hydrogens is 274 g/mol. The number of nitrogens with zero attached hydrogens (tertiary/aromatic N) is 1. The molecule has 0 aliphatic rings. The minimum atomic E-state index is -0.225. The lowest BCUT2D eigenvalue weighted by Gasteiger charge is -2.14. The molecule has 2 aromatic rings. The largest absolute Gasteiger partial charge is 0.489 e. The normalized spacial score (nSPS) is 10.6. The van der Waals surface area contributed by atoms with Crippen LogP contribution in [0.3, 0.4) is 0 Å². The van der Waals surface area contributed by atoms with Crippen LogP contribution in [0.4, 0.5) is 10.8 Å². The maximum Gasteiger partial charge on any atom is 0.267 e. The summed E-state index contributed by atoms with van der Waals surface area (Å²) >= 11 is 1.18. The average Bonchev–Trinajstić information content (AvgIpc) is 2.70. The second-order valence-corrected chi connectivity index (χ2v) is 5.61. The third kappa shape index (κ3) is 3.27. The quantitative estimate of drug-likeness (QED) is 0.907. The number of nitrogens with two attached hydrogens (primary N) is 1. The Morgan fingerprint density at radius 1 is 1.40 bits per heavy atom. The first-order valence-corrected chi connectivity index (χ1v) is 7.09. The summed E-state index contributed by atoms with van der Waals surface area (Å²) in [5, 5.41) is 3.23. The molecule has 0 aliphatic carbocycles. The van der Waals surface area contributed by atoms with Gasteiger partial charge in [0.05, 0.1) is 17.5 Å². The van der Waals surface area contributed by atoms with Crippen molar-refractivity contribution in [3.63, 3.8) is 0 Å². The Morgan fingerprint density at radius 3 is 2.70 bits per heavy atom. The van der Waals surface area contributed by atoms with Gasteiger partial charge >= 0.3 is 0 Å². The lowest BCUT2D eigenvalue weighted by Crippen LogP contribution is -2.14. The fourth-order valence-corrected chi connectivity index (χ4v) is 2.46. The lowest BCUT2D eigenvalue weighted by atomic mass is 10.2. The van der Waals surface area contributed by atoms with Crippen molar-refractivity contribution in [2.45, 2.75) is 26.9 Å². The number of thiazole rings is 1. The van der Waals surface area contributed by atoms with E-state index >= 15 is 0 Å². The summed E-state index contributed by atoms with van der Waals surface area (Å²) in [6.07, 6.45) is 0.0360. The summed E-state index contributed by atoms with van der Waals surface area (Å²) in [5.74, 6) is 0.419. The molecule has 6 heteroatoms. The summed E-state index contributed by atoms with van der Waals surface area (Å²) in [4.78, 5) is 16.8. The molecule has 20 heavy (non-hydrogen) atoms. The van der Waals surface area contributed by atoms with E-state index < -0.39 is 0 Å². The first-order chi connectivity index (χ1) is 9.47. The van der Waals surface area contributed by atoms with E-state index in [0.717, 1.165) is 0 Å². The number of rotatable bonds is 4. The number of aryl methyl sites for hydroxylation is 1. The summed E-state index contributed by atoms with van der Waals surface area (Å²) in [7, 11) is 0. The molecule has 0 saturated carbocycles. The second kappa shape index (κ2) is 5.92. The van der Waals surface area contributed by atoms with Crippen molar-refractivity contribution >= 4 is 28.1 Å². The SMILES string of the molecule is Cc1nc(N)sc1C(=O)Nc1ccccc1OC(C)C. The third-order valence-electron chi connectivity index (χ3n) is 2.52. The van der Waals surface area contributed by atoms with Gasteiger partial charge in [-0.25, -0.2) is 4.98 Å². The molecule has 1 aromatic heterocycles. The maximum atomic E-state index is 12.2. The number of ether oxygens (including phenoxy) is 1. The molecular formula is C14H17N3O2S. The van der Waals surface area contributed by atoms with E-state index in [4.69, 9.17) is 10.5 Å². The topological polar surface area (TPSA) is 77.2 Å². The molecule has 1 amide bonds. The zero-order valence-corrected chi connectivity index (χ0v) is 12.5. The van der Waals surface area contributed by atoms with Gasteiger partial charge in [0.25, 0.3) is 5.91 Å². The van der Waals surface area contributed by atoms with Crippen LogP contribution in [0.2, 0.25) is 0 Å². The highest BCUT2D eigenvalue weighted by Crippen LogP contribution is 2.27. The fraction of sp³-hybridized carbons (Fsp3) is 0.286. The van der Waals surface area contributed by atoms with Crippen molar-refractivity contribution in [3.8, 4) is 5.75 Å². The molecule has 0 atom stereocenters. The first kappa shape index (κ1) is 14.3. The van der Waals surface area contributed by atoms with Crippen molar-refractivity contribution in [2.75, 3.05) is 11.1 Å². The van der Waals surface area contributed by atoms with E-state index in [0.29, 0.717) is 27.1 Å². The van der Waals surface area contributed by atoms with Gasteiger partial charge in [-0.1, -0.05) is 23.5 Å². The Balaban J connectivity index is 2.22. The number of hydrogen-bond acceptors (Lipinski definition) is 5. The van der Waals surface area contributed by atoms with E-state index in [-0.39, 0.29) is 12.0 Å². The highest BCUT2D eigenvalue weighted by atomic mass is 32.1. The number of nitrogens with one attached hydrogen (secondary N) is 1. The molecule has 1 heterocycles. The van der Waals surface area contributed by atoms with Crippen LogP contribution >= 0.6 is 11.3 Å². The monoisotopic (exact) mass is 291 g/mol. The van der Waals surface area contributed by atoms with E-state index in [1.165, 1.54) is 11.3 Å². The number of nitrogen functional groups attached to an aromatic ring is 1. The minimum Gasteiger partial charge on any atom is -0.489 e. The molecule has 0 unspecified atom stereocenters. The Kier molecular flexibility index (Phi) is 4.24. The number of carbonyl (C=O) groups excluding carboxylic acids is 1. The van der Waals surface area contributed by atoms with Crippen molar-refractivity contribution in [2.24, 2.45) is 0 Å². The van der Waals surface area contributed by atoms with Crippen LogP contribution in [0.25, 0.3) is 0 Å². The average molecular weight is 291 g/mol. The molecule has 106 valence electrons. The van der Waals surface area contributed by atoms with Crippen molar-refractivity contribution < 1.29 is 9.53 Å². The van der Waals surface area contributed by atoms with Crippen LogP contribution in [0.5, 0.6) is 5.75 Å². The Bertz CT molecular complexity index is 623. The zero-order valence-electron chi connectivity index (χ0n) is 11.6. The van der Waals surface area contributed by atoms with Crippen LogP contribution < -0.4 is 15.8 Å². The van der Waals surface area contributed by atoms with Crippen LogP contribution in [0.15, 0.2) is 24.3 Å². The van der Waals surface area contributed by atoms with Crippen molar-refractivity contribution in [3.05, 3.63) is 34.8 Å². The predicted octanol–water partition coefficient (Wildman–Crippen LogP) is 3.07. The fourth-order valence-electron chi connectivity index (χ4n) is 1.73. The maximum absolute atomic E-state index is 12.2. The van der Waals surface area contributed by atoms with Gasteiger partial charge in [0, 0.05) is 0 Å². The molecule has 0 radical (unpaired) electrons. The molecule has 0 aliphatic heterocycles. The van der Waals surface area contributed by atoms with E-state index in [1.807, 2.05) is 32.0 Å². The van der Waals surface area contributed by atoms with Gasteiger partial charge in [-0.15, -0.1) is 0 Å². The highest BCUT2D eigenvalue weighted by molar-refractivity contribution is 7.17. The summed E-state index contributed by atoms with van der Waals surface area (Å²) < 4.78 is 5.67. The second-order valence-electron chi connectivity index (χ2n) is 4.58. The molecule has 5 nitrogen and oxygen atoms in total. The zero-order chi connectivity index (χ0) is 14.7. The number of aromatic nitrogens is 1. The Morgan fingerprint density at radius 2 is 2.10 bits per heavy atom. The molecule has 0 bridgehead atoms.